The molecular formula is C15H13FO5. The molecule has 0 atom stereocenters. The molecule has 2 aromatic carbocycles. The smallest absolute Gasteiger partial charge is 0.335 e. The molecule has 0 aliphatic rings. The fourth-order valence-electron chi connectivity index (χ4n) is 2.01. The Balaban J connectivity index is 2.76. The van der Waals surface area contributed by atoms with E-state index in [1.807, 2.05) is 0 Å². The molecule has 2 N–H and O–H groups in total. The molecule has 0 aliphatic heterocycles. The maximum absolute atomic E-state index is 14.0. The highest BCUT2D eigenvalue weighted by molar-refractivity contribution is 5.92. The fraction of sp³-hybridized carbons (Fsp3) is 0.133. The minimum Gasteiger partial charge on any atom is -0.508 e. The van der Waals surface area contributed by atoms with E-state index in [0.717, 1.165) is 6.07 Å². The second-order valence-corrected chi connectivity index (χ2v) is 4.23. The summed E-state index contributed by atoms with van der Waals surface area (Å²) in [6.45, 7) is 0. The highest BCUT2D eigenvalue weighted by Crippen LogP contribution is 2.40. The van der Waals surface area contributed by atoms with Crippen LogP contribution in [0.2, 0.25) is 0 Å². The number of rotatable bonds is 4. The zero-order valence-corrected chi connectivity index (χ0v) is 11.4. The lowest BCUT2D eigenvalue weighted by molar-refractivity contribution is 0.0696. The summed E-state index contributed by atoms with van der Waals surface area (Å²) in [6.07, 6.45) is 0. The average molecular weight is 292 g/mol. The number of aromatic hydroxyl groups is 1. The molecule has 0 aliphatic carbocycles. The number of halogens is 1. The van der Waals surface area contributed by atoms with Crippen LogP contribution < -0.4 is 9.47 Å². The normalized spacial score (nSPS) is 10.2. The molecule has 0 amide bonds. The van der Waals surface area contributed by atoms with Crippen molar-refractivity contribution in [3.8, 4) is 28.4 Å². The Kier molecular flexibility index (Phi) is 3.98. The number of hydrogen-bond acceptors (Lipinski definition) is 4. The van der Waals surface area contributed by atoms with Gasteiger partial charge in [0.25, 0.3) is 0 Å². The van der Waals surface area contributed by atoms with Crippen molar-refractivity contribution in [1.82, 2.24) is 0 Å². The van der Waals surface area contributed by atoms with Gasteiger partial charge in [-0.15, -0.1) is 0 Å². The first-order chi connectivity index (χ1) is 9.97. The Morgan fingerprint density at radius 3 is 2.33 bits per heavy atom. The van der Waals surface area contributed by atoms with E-state index in [1.165, 1.54) is 38.5 Å². The minimum atomic E-state index is -1.17. The van der Waals surface area contributed by atoms with E-state index >= 15 is 0 Å². The molecule has 0 aromatic heterocycles. The number of phenolic OH excluding ortho intramolecular Hbond substituents is 1. The standard InChI is InChI=1S/C15H13FO5/c1-20-13-6-8(15(18)19)5-11(14(13)21-2)10-4-3-9(17)7-12(10)16/h3-7,17H,1-2H3,(H,18,19). The van der Waals surface area contributed by atoms with E-state index in [-0.39, 0.29) is 33.9 Å². The number of hydrogen-bond donors (Lipinski definition) is 2. The van der Waals surface area contributed by atoms with Gasteiger partial charge < -0.3 is 19.7 Å². The van der Waals surface area contributed by atoms with E-state index in [0.29, 0.717) is 0 Å². The second-order valence-electron chi connectivity index (χ2n) is 4.23. The monoisotopic (exact) mass is 292 g/mol. The number of methoxy groups -OCH3 is 2. The molecule has 0 saturated carbocycles. The van der Waals surface area contributed by atoms with Crippen LogP contribution in [0.4, 0.5) is 4.39 Å². The van der Waals surface area contributed by atoms with Crippen molar-refractivity contribution in [1.29, 1.82) is 0 Å². The van der Waals surface area contributed by atoms with Gasteiger partial charge in [0.15, 0.2) is 11.5 Å². The predicted molar refractivity (Wildman–Crippen MR) is 73.6 cm³/mol. The molecule has 0 saturated heterocycles. The lowest BCUT2D eigenvalue weighted by Gasteiger charge is -2.14. The summed E-state index contributed by atoms with van der Waals surface area (Å²) < 4.78 is 24.3. The Hall–Kier alpha value is -2.76. The van der Waals surface area contributed by atoms with Crippen molar-refractivity contribution >= 4 is 5.97 Å². The second kappa shape index (κ2) is 5.70. The number of carboxylic acids is 1. The summed E-state index contributed by atoms with van der Waals surface area (Å²) in [5.41, 5.74) is 0.271. The maximum Gasteiger partial charge on any atom is 0.335 e. The molecule has 0 unspecified atom stereocenters. The van der Waals surface area contributed by atoms with Crippen LogP contribution >= 0.6 is 0 Å². The minimum absolute atomic E-state index is 0.0601. The summed E-state index contributed by atoms with van der Waals surface area (Å²) in [5.74, 6) is -1.70. The fourth-order valence-corrected chi connectivity index (χ4v) is 2.01. The molecule has 0 fully saturated rings. The Morgan fingerprint density at radius 2 is 1.81 bits per heavy atom. The summed E-state index contributed by atoms with van der Waals surface area (Å²) in [4.78, 5) is 11.2. The Bertz CT molecular complexity index is 697. The first-order valence-corrected chi connectivity index (χ1v) is 5.96. The van der Waals surface area contributed by atoms with Crippen molar-refractivity contribution < 1.29 is 28.9 Å². The van der Waals surface area contributed by atoms with Crippen molar-refractivity contribution in [3.05, 3.63) is 41.7 Å². The number of carbonyl (C=O) groups is 1. The SMILES string of the molecule is COc1cc(C(=O)O)cc(-c2ccc(O)cc2F)c1OC. The van der Waals surface area contributed by atoms with Gasteiger partial charge in [0.05, 0.1) is 19.8 Å². The van der Waals surface area contributed by atoms with Crippen LogP contribution in [0, 0.1) is 5.82 Å². The zero-order chi connectivity index (χ0) is 15.6. The third kappa shape index (κ3) is 2.74. The van der Waals surface area contributed by atoms with Crippen LogP contribution in [-0.2, 0) is 0 Å². The van der Waals surface area contributed by atoms with Crippen molar-refractivity contribution in [2.75, 3.05) is 14.2 Å². The largest absolute Gasteiger partial charge is 0.508 e. The maximum atomic E-state index is 14.0. The highest BCUT2D eigenvalue weighted by atomic mass is 19.1. The quantitative estimate of drug-likeness (QED) is 0.906. The van der Waals surface area contributed by atoms with Crippen LogP contribution in [0.15, 0.2) is 30.3 Å². The summed E-state index contributed by atoms with van der Waals surface area (Å²) >= 11 is 0. The molecule has 0 bridgehead atoms. The molecule has 0 heterocycles. The number of ether oxygens (including phenoxy) is 2. The lowest BCUT2D eigenvalue weighted by Crippen LogP contribution is -2.01. The van der Waals surface area contributed by atoms with Gasteiger partial charge >= 0.3 is 5.97 Å². The van der Waals surface area contributed by atoms with Crippen molar-refractivity contribution in [3.63, 3.8) is 0 Å². The third-order valence-electron chi connectivity index (χ3n) is 2.97. The highest BCUT2D eigenvalue weighted by Gasteiger charge is 2.19. The van der Waals surface area contributed by atoms with Crippen LogP contribution in [-0.4, -0.2) is 30.4 Å². The van der Waals surface area contributed by atoms with Gasteiger partial charge in [-0.25, -0.2) is 9.18 Å². The van der Waals surface area contributed by atoms with Gasteiger partial charge in [0.2, 0.25) is 0 Å². The van der Waals surface area contributed by atoms with Crippen LogP contribution in [0.3, 0.4) is 0 Å². The third-order valence-corrected chi connectivity index (χ3v) is 2.97. The van der Waals surface area contributed by atoms with Gasteiger partial charge in [-0.05, 0) is 24.3 Å². The molecule has 0 spiro atoms. The van der Waals surface area contributed by atoms with Crippen molar-refractivity contribution in [2.45, 2.75) is 0 Å². The predicted octanol–water partition coefficient (Wildman–Crippen LogP) is 2.91. The molecule has 2 rings (SSSR count). The number of benzene rings is 2. The number of aromatic carboxylic acids is 1. The summed E-state index contributed by atoms with van der Waals surface area (Å²) in [6, 6.07) is 6.17. The first kappa shape index (κ1) is 14.6. The van der Waals surface area contributed by atoms with Gasteiger partial charge in [-0.1, -0.05) is 0 Å². The average Bonchev–Trinajstić information content (AvgIpc) is 2.45. The molecule has 6 heteroatoms. The van der Waals surface area contributed by atoms with Crippen LogP contribution in [0.5, 0.6) is 17.2 Å². The van der Waals surface area contributed by atoms with E-state index < -0.39 is 11.8 Å². The topological polar surface area (TPSA) is 76.0 Å². The van der Waals surface area contributed by atoms with Crippen LogP contribution in [0.1, 0.15) is 10.4 Å². The summed E-state index contributed by atoms with van der Waals surface area (Å²) in [5, 5.41) is 18.4. The van der Waals surface area contributed by atoms with Gasteiger partial charge in [-0.2, -0.15) is 0 Å². The summed E-state index contributed by atoms with van der Waals surface area (Å²) in [7, 11) is 2.74. The number of phenols is 1. The van der Waals surface area contributed by atoms with Gasteiger partial charge in [0, 0.05) is 17.2 Å². The van der Waals surface area contributed by atoms with Crippen molar-refractivity contribution in [2.24, 2.45) is 0 Å². The van der Waals surface area contributed by atoms with Crippen LogP contribution in [0.25, 0.3) is 11.1 Å². The first-order valence-electron chi connectivity index (χ1n) is 5.96. The Labute approximate surface area is 120 Å². The molecule has 21 heavy (non-hydrogen) atoms. The number of carboxylic acid groups (broad SMARTS) is 1. The molecule has 5 nitrogen and oxygen atoms in total. The molecule has 0 radical (unpaired) electrons. The van der Waals surface area contributed by atoms with E-state index in [4.69, 9.17) is 14.6 Å². The Morgan fingerprint density at radius 1 is 1.10 bits per heavy atom. The van der Waals surface area contributed by atoms with E-state index in [9.17, 15) is 14.3 Å². The molecular weight excluding hydrogens is 279 g/mol. The van der Waals surface area contributed by atoms with E-state index in [1.54, 1.807) is 0 Å². The lowest BCUT2D eigenvalue weighted by atomic mass is 10.00. The van der Waals surface area contributed by atoms with Gasteiger partial charge in [0.1, 0.15) is 11.6 Å². The zero-order valence-electron chi connectivity index (χ0n) is 11.4. The van der Waals surface area contributed by atoms with Gasteiger partial charge in [-0.3, -0.25) is 0 Å². The molecule has 2 aromatic rings. The molecule has 110 valence electrons. The van der Waals surface area contributed by atoms with E-state index in [2.05, 4.69) is 0 Å².